The van der Waals surface area contributed by atoms with Crippen molar-refractivity contribution >= 4 is 54.6 Å². The van der Waals surface area contributed by atoms with Gasteiger partial charge in [0.25, 0.3) is 5.91 Å². The molecule has 1 saturated heterocycles. The maximum Gasteiger partial charge on any atom is 0.349 e. The standard InChI is InChI=1S/C27H24Br2N4O3/c1-15-10-17(3)20(11-16(15)2)23-4-5-24(31-30-23)32-6-8-33(9-7-32)26(34)21-13-18-12-19(28)14-22(29)25(18)36-27(21)35/h4-5,10-14H,6-9H2,1-3H3. The molecule has 0 N–H and O–H groups in total. The number of nitrogens with zero attached hydrogens (tertiary/aromatic N) is 4. The molecule has 0 atom stereocenters. The average Bonchev–Trinajstić information content (AvgIpc) is 2.86. The van der Waals surface area contributed by atoms with Crippen LogP contribution in [0.2, 0.25) is 0 Å². The lowest BCUT2D eigenvalue weighted by Crippen LogP contribution is -2.49. The number of fused-ring (bicyclic) bond motifs is 1. The van der Waals surface area contributed by atoms with E-state index < -0.39 is 5.63 Å². The van der Waals surface area contributed by atoms with Crippen molar-refractivity contribution in [3.8, 4) is 11.3 Å². The van der Waals surface area contributed by atoms with Gasteiger partial charge in [-0.05, 0) is 89.8 Å². The minimum absolute atomic E-state index is 0.0360. The van der Waals surface area contributed by atoms with Crippen LogP contribution in [0.1, 0.15) is 27.0 Å². The van der Waals surface area contributed by atoms with E-state index in [2.05, 4.69) is 79.9 Å². The summed E-state index contributed by atoms with van der Waals surface area (Å²) in [5.74, 6) is 0.445. The first-order valence-corrected chi connectivity index (χ1v) is 13.2. The molecule has 0 aliphatic carbocycles. The number of carbonyl (C=O) groups excluding carboxylic acids is 1. The summed E-state index contributed by atoms with van der Waals surface area (Å²) in [6, 6.07) is 13.5. The Hall–Kier alpha value is -3.04. The van der Waals surface area contributed by atoms with Crippen molar-refractivity contribution in [3.05, 3.63) is 84.1 Å². The first-order chi connectivity index (χ1) is 17.2. The quantitative estimate of drug-likeness (QED) is 0.278. The molecule has 2 aromatic carbocycles. The summed E-state index contributed by atoms with van der Waals surface area (Å²) in [6.07, 6.45) is 0. The second kappa shape index (κ2) is 9.78. The number of aryl methyl sites for hydroxylation is 3. The smallest absolute Gasteiger partial charge is 0.349 e. The average molecular weight is 612 g/mol. The second-order valence-electron chi connectivity index (χ2n) is 9.06. The number of benzene rings is 2. The molecule has 2 aromatic heterocycles. The Balaban J connectivity index is 1.30. The summed E-state index contributed by atoms with van der Waals surface area (Å²) in [6.45, 7) is 8.42. The van der Waals surface area contributed by atoms with E-state index in [0.29, 0.717) is 41.6 Å². The molecule has 1 aliphatic rings. The van der Waals surface area contributed by atoms with Gasteiger partial charge in [0.15, 0.2) is 11.4 Å². The third kappa shape index (κ3) is 4.69. The zero-order chi connectivity index (χ0) is 25.6. The summed E-state index contributed by atoms with van der Waals surface area (Å²) in [4.78, 5) is 29.5. The molecular weight excluding hydrogens is 588 g/mol. The van der Waals surface area contributed by atoms with E-state index in [9.17, 15) is 9.59 Å². The van der Waals surface area contributed by atoms with Crippen LogP contribution in [0.25, 0.3) is 22.2 Å². The molecule has 7 nitrogen and oxygen atoms in total. The van der Waals surface area contributed by atoms with Crippen LogP contribution < -0.4 is 10.5 Å². The number of hydrogen-bond acceptors (Lipinski definition) is 6. The van der Waals surface area contributed by atoms with Crippen molar-refractivity contribution in [2.45, 2.75) is 20.8 Å². The lowest BCUT2D eigenvalue weighted by molar-refractivity contribution is 0.0742. The molecule has 3 heterocycles. The summed E-state index contributed by atoms with van der Waals surface area (Å²) in [7, 11) is 0. The molecule has 9 heteroatoms. The number of piperazine rings is 1. The molecule has 184 valence electrons. The van der Waals surface area contributed by atoms with Crippen molar-refractivity contribution in [1.82, 2.24) is 15.1 Å². The Labute approximate surface area is 225 Å². The van der Waals surface area contributed by atoms with Gasteiger partial charge in [0.2, 0.25) is 0 Å². The van der Waals surface area contributed by atoms with Gasteiger partial charge in [-0.15, -0.1) is 10.2 Å². The molecule has 5 rings (SSSR count). The first kappa shape index (κ1) is 24.6. The highest BCUT2D eigenvalue weighted by atomic mass is 79.9. The van der Waals surface area contributed by atoms with Crippen molar-refractivity contribution in [2.24, 2.45) is 0 Å². The maximum absolute atomic E-state index is 13.2. The van der Waals surface area contributed by atoms with Gasteiger partial charge in [-0.2, -0.15) is 0 Å². The number of amides is 1. The second-order valence-corrected chi connectivity index (χ2v) is 10.8. The highest BCUT2D eigenvalue weighted by molar-refractivity contribution is 9.11. The topological polar surface area (TPSA) is 79.5 Å². The summed E-state index contributed by atoms with van der Waals surface area (Å²) < 4.78 is 6.92. The predicted molar refractivity (Wildman–Crippen MR) is 148 cm³/mol. The van der Waals surface area contributed by atoms with E-state index in [1.165, 1.54) is 16.7 Å². The summed E-state index contributed by atoms with van der Waals surface area (Å²) in [5.41, 5.74) is 5.40. The van der Waals surface area contributed by atoms with Crippen molar-refractivity contribution in [1.29, 1.82) is 0 Å². The van der Waals surface area contributed by atoms with Crippen LogP contribution in [0.15, 0.2) is 60.6 Å². The lowest BCUT2D eigenvalue weighted by atomic mass is 9.99. The van der Waals surface area contributed by atoms with Gasteiger partial charge in [-0.3, -0.25) is 4.79 Å². The SMILES string of the molecule is Cc1cc(C)c(-c2ccc(N3CCN(C(=O)c4cc5cc(Br)cc(Br)c5oc4=O)CC3)nn2)cc1C. The highest BCUT2D eigenvalue weighted by Gasteiger charge is 2.26. The number of anilines is 1. The molecule has 0 bridgehead atoms. The molecular formula is C27H24Br2N4O3. The van der Waals surface area contributed by atoms with Gasteiger partial charge in [-0.1, -0.05) is 22.0 Å². The molecule has 1 fully saturated rings. The number of halogens is 2. The highest BCUT2D eigenvalue weighted by Crippen LogP contribution is 2.29. The van der Waals surface area contributed by atoms with Crippen LogP contribution in [0.4, 0.5) is 5.82 Å². The fraction of sp³-hybridized carbons (Fsp3) is 0.259. The molecule has 1 aliphatic heterocycles. The Kier molecular flexibility index (Phi) is 6.70. The summed E-state index contributed by atoms with van der Waals surface area (Å²) >= 11 is 6.84. The third-order valence-corrected chi connectivity index (χ3v) is 7.69. The van der Waals surface area contributed by atoms with Gasteiger partial charge in [0, 0.05) is 41.6 Å². The number of carbonyl (C=O) groups is 1. The van der Waals surface area contributed by atoms with E-state index in [1.54, 1.807) is 17.0 Å². The monoisotopic (exact) mass is 610 g/mol. The van der Waals surface area contributed by atoms with E-state index in [0.717, 1.165) is 21.5 Å². The molecule has 0 spiro atoms. The van der Waals surface area contributed by atoms with Gasteiger partial charge in [-0.25, -0.2) is 4.79 Å². The van der Waals surface area contributed by atoms with Crippen LogP contribution in [0.5, 0.6) is 0 Å². The number of rotatable bonds is 3. The van der Waals surface area contributed by atoms with Crippen molar-refractivity contribution in [3.63, 3.8) is 0 Å². The fourth-order valence-electron chi connectivity index (χ4n) is 4.49. The number of hydrogen-bond donors (Lipinski definition) is 0. The van der Waals surface area contributed by atoms with E-state index >= 15 is 0 Å². The van der Waals surface area contributed by atoms with Gasteiger partial charge in [0.1, 0.15) is 5.56 Å². The minimum atomic E-state index is -0.638. The van der Waals surface area contributed by atoms with E-state index in [4.69, 9.17) is 4.42 Å². The minimum Gasteiger partial charge on any atom is -0.421 e. The fourth-order valence-corrected chi connectivity index (χ4v) is 5.83. The molecule has 36 heavy (non-hydrogen) atoms. The molecule has 4 aromatic rings. The van der Waals surface area contributed by atoms with Crippen molar-refractivity contribution < 1.29 is 9.21 Å². The maximum atomic E-state index is 13.2. The third-order valence-electron chi connectivity index (χ3n) is 6.64. The Bertz CT molecular complexity index is 1540. The normalized spacial score (nSPS) is 13.9. The van der Waals surface area contributed by atoms with Gasteiger partial charge < -0.3 is 14.2 Å². The Morgan fingerprint density at radius 2 is 1.61 bits per heavy atom. The van der Waals surface area contributed by atoms with E-state index in [1.807, 2.05) is 18.2 Å². The predicted octanol–water partition coefficient (Wildman–Crippen LogP) is 5.66. The van der Waals surface area contributed by atoms with Crippen molar-refractivity contribution in [2.75, 3.05) is 31.1 Å². The van der Waals surface area contributed by atoms with Gasteiger partial charge in [0.05, 0.1) is 10.2 Å². The molecule has 0 unspecified atom stereocenters. The molecule has 1 amide bonds. The van der Waals surface area contributed by atoms with Crippen LogP contribution in [-0.4, -0.2) is 47.2 Å². The van der Waals surface area contributed by atoms with Crippen LogP contribution >= 0.6 is 31.9 Å². The van der Waals surface area contributed by atoms with Crippen LogP contribution in [0.3, 0.4) is 0 Å². The summed E-state index contributed by atoms with van der Waals surface area (Å²) in [5, 5.41) is 9.62. The Morgan fingerprint density at radius 3 is 2.31 bits per heavy atom. The zero-order valence-corrected chi connectivity index (χ0v) is 23.3. The largest absolute Gasteiger partial charge is 0.421 e. The lowest BCUT2D eigenvalue weighted by Gasteiger charge is -2.35. The van der Waals surface area contributed by atoms with Crippen LogP contribution in [0, 0.1) is 20.8 Å². The van der Waals surface area contributed by atoms with Gasteiger partial charge >= 0.3 is 5.63 Å². The van der Waals surface area contributed by atoms with E-state index in [-0.39, 0.29) is 11.5 Å². The Morgan fingerprint density at radius 1 is 0.889 bits per heavy atom. The zero-order valence-electron chi connectivity index (χ0n) is 20.1. The first-order valence-electron chi connectivity index (χ1n) is 11.6. The molecule has 0 radical (unpaired) electrons. The van der Waals surface area contributed by atoms with Crippen LogP contribution in [-0.2, 0) is 0 Å². The number of aromatic nitrogens is 2. The molecule has 0 saturated carbocycles.